The highest BCUT2D eigenvalue weighted by Crippen LogP contribution is 2.37. The van der Waals surface area contributed by atoms with E-state index in [1.54, 1.807) is 65.7 Å². The van der Waals surface area contributed by atoms with Crippen LogP contribution in [-0.2, 0) is 15.6 Å². The first-order chi connectivity index (χ1) is 17.8. The molecule has 10 heteroatoms. The van der Waals surface area contributed by atoms with E-state index < -0.39 is 15.6 Å². The monoisotopic (exact) mass is 518 g/mol. The second-order valence-corrected chi connectivity index (χ2v) is 10.5. The summed E-state index contributed by atoms with van der Waals surface area (Å²) >= 11 is 0. The number of pyridine rings is 2. The number of hydrogen-bond acceptors (Lipinski definition) is 7. The van der Waals surface area contributed by atoms with Crippen molar-refractivity contribution in [2.24, 2.45) is 0 Å². The molecule has 3 heterocycles. The lowest BCUT2D eigenvalue weighted by atomic mass is 9.84. The Hall–Kier alpha value is -4.02. The zero-order chi connectivity index (χ0) is 26.0. The number of para-hydroxylation sites is 1. The third-order valence-corrected chi connectivity index (χ3v) is 7.86. The summed E-state index contributed by atoms with van der Waals surface area (Å²) in [6.07, 6.45) is 2.29. The zero-order valence-electron chi connectivity index (χ0n) is 20.2. The Kier molecular flexibility index (Phi) is 6.53. The molecule has 0 spiro atoms. The molecule has 37 heavy (non-hydrogen) atoms. The standard InChI is InChI=1S/C27H26N4O5S/c1-36-25-22(6-4-16-28-25)27(33)14-17-31(18-15-27)26(32)20-8-11-21(12-9-20)30-37(34,35)24-13-10-19-5-2-3-7-23(19)29-24/h2-13,16,30,33H,14-15,17-18H2,1H3. The van der Waals surface area contributed by atoms with Crippen molar-refractivity contribution in [3.8, 4) is 5.88 Å². The minimum atomic E-state index is -3.90. The molecule has 1 saturated heterocycles. The largest absolute Gasteiger partial charge is 0.481 e. The number of nitrogens with one attached hydrogen (secondary N) is 1. The molecule has 2 aromatic heterocycles. The summed E-state index contributed by atoms with van der Waals surface area (Å²) in [6, 6.07) is 20.2. The van der Waals surface area contributed by atoms with Gasteiger partial charge in [0.15, 0.2) is 5.03 Å². The van der Waals surface area contributed by atoms with Crippen LogP contribution >= 0.6 is 0 Å². The van der Waals surface area contributed by atoms with Crippen LogP contribution in [0.25, 0.3) is 10.9 Å². The van der Waals surface area contributed by atoms with Crippen LogP contribution in [0.4, 0.5) is 5.69 Å². The van der Waals surface area contributed by atoms with E-state index in [2.05, 4.69) is 14.7 Å². The lowest BCUT2D eigenvalue weighted by Crippen LogP contribution is -2.45. The average molecular weight is 519 g/mol. The van der Waals surface area contributed by atoms with Crippen molar-refractivity contribution >= 4 is 32.5 Å². The number of carbonyl (C=O) groups is 1. The number of rotatable bonds is 6. The number of carbonyl (C=O) groups excluding carboxylic acids is 1. The summed E-state index contributed by atoms with van der Waals surface area (Å²) in [5, 5.41) is 12.0. The smallest absolute Gasteiger partial charge is 0.279 e. The van der Waals surface area contributed by atoms with Gasteiger partial charge >= 0.3 is 0 Å². The van der Waals surface area contributed by atoms with Gasteiger partial charge in [0, 0.05) is 41.5 Å². The molecule has 0 aliphatic carbocycles. The van der Waals surface area contributed by atoms with Gasteiger partial charge in [0.2, 0.25) is 5.88 Å². The minimum absolute atomic E-state index is 0.0857. The van der Waals surface area contributed by atoms with Gasteiger partial charge in [-0.2, -0.15) is 8.42 Å². The van der Waals surface area contributed by atoms with Crippen molar-refractivity contribution in [3.63, 3.8) is 0 Å². The number of aromatic nitrogens is 2. The number of likely N-dealkylation sites (tertiary alicyclic amines) is 1. The molecule has 0 atom stereocenters. The third kappa shape index (κ3) is 4.98. The Bertz CT molecular complexity index is 1550. The number of benzene rings is 2. The van der Waals surface area contributed by atoms with Crippen molar-refractivity contribution < 1.29 is 23.1 Å². The Balaban J connectivity index is 1.25. The van der Waals surface area contributed by atoms with Gasteiger partial charge in [-0.25, -0.2) is 9.97 Å². The van der Waals surface area contributed by atoms with Crippen LogP contribution in [0.5, 0.6) is 5.88 Å². The number of ether oxygens (including phenoxy) is 1. The van der Waals surface area contributed by atoms with Crippen LogP contribution in [0.15, 0.2) is 84.0 Å². The van der Waals surface area contributed by atoms with E-state index in [1.807, 2.05) is 12.1 Å². The van der Waals surface area contributed by atoms with Gasteiger partial charge in [-0.3, -0.25) is 9.52 Å². The van der Waals surface area contributed by atoms with Crippen molar-refractivity contribution in [1.29, 1.82) is 0 Å². The highest BCUT2D eigenvalue weighted by Gasteiger charge is 2.38. The highest BCUT2D eigenvalue weighted by molar-refractivity contribution is 7.92. The first-order valence-electron chi connectivity index (χ1n) is 11.8. The van der Waals surface area contributed by atoms with Crippen LogP contribution in [-0.4, -0.2) is 54.5 Å². The van der Waals surface area contributed by atoms with Gasteiger partial charge in [-0.05, 0) is 67.4 Å². The molecule has 0 unspecified atom stereocenters. The molecule has 2 aromatic carbocycles. The Labute approximate surface area is 214 Å². The lowest BCUT2D eigenvalue weighted by Gasteiger charge is -2.38. The molecule has 2 N–H and O–H groups in total. The van der Waals surface area contributed by atoms with Crippen LogP contribution in [0.2, 0.25) is 0 Å². The first kappa shape index (κ1) is 24.7. The molecule has 1 amide bonds. The van der Waals surface area contributed by atoms with Crippen LogP contribution in [0, 0.1) is 0 Å². The number of hydrogen-bond donors (Lipinski definition) is 2. The Morgan fingerprint density at radius 2 is 1.73 bits per heavy atom. The molecule has 0 radical (unpaired) electrons. The van der Waals surface area contributed by atoms with E-state index in [4.69, 9.17) is 4.74 Å². The predicted molar refractivity (Wildman–Crippen MR) is 139 cm³/mol. The number of aliphatic hydroxyl groups is 1. The van der Waals surface area contributed by atoms with Crippen LogP contribution in [0.1, 0.15) is 28.8 Å². The maximum atomic E-state index is 13.1. The summed E-state index contributed by atoms with van der Waals surface area (Å²) in [7, 11) is -2.39. The second-order valence-electron chi connectivity index (χ2n) is 8.91. The van der Waals surface area contributed by atoms with Gasteiger partial charge in [0.25, 0.3) is 15.9 Å². The van der Waals surface area contributed by atoms with Crippen molar-refractivity contribution in [2.75, 3.05) is 24.9 Å². The van der Waals surface area contributed by atoms with E-state index >= 15 is 0 Å². The van der Waals surface area contributed by atoms with Crippen LogP contribution < -0.4 is 9.46 Å². The quantitative estimate of drug-likeness (QED) is 0.400. The number of methoxy groups -OCH3 is 1. The third-order valence-electron chi connectivity index (χ3n) is 6.58. The maximum absolute atomic E-state index is 13.1. The Morgan fingerprint density at radius 3 is 2.46 bits per heavy atom. The molecular formula is C27H26N4O5S. The first-order valence-corrected chi connectivity index (χ1v) is 13.3. The second kappa shape index (κ2) is 9.79. The van der Waals surface area contributed by atoms with Gasteiger partial charge in [0.05, 0.1) is 18.2 Å². The molecule has 9 nitrogen and oxygen atoms in total. The number of amides is 1. The molecule has 1 aliphatic heterocycles. The maximum Gasteiger partial charge on any atom is 0.279 e. The number of nitrogens with zero attached hydrogens (tertiary/aromatic N) is 3. The molecule has 4 aromatic rings. The minimum Gasteiger partial charge on any atom is -0.481 e. The SMILES string of the molecule is COc1ncccc1C1(O)CCN(C(=O)c2ccc(NS(=O)(=O)c3ccc4ccccc4n3)cc2)CC1. The molecule has 5 rings (SSSR count). The molecule has 1 fully saturated rings. The Morgan fingerprint density at radius 1 is 1.00 bits per heavy atom. The molecule has 190 valence electrons. The topological polar surface area (TPSA) is 122 Å². The van der Waals surface area contributed by atoms with Gasteiger partial charge in [-0.15, -0.1) is 0 Å². The average Bonchev–Trinajstić information content (AvgIpc) is 2.93. The van der Waals surface area contributed by atoms with E-state index in [0.717, 1.165) is 5.39 Å². The highest BCUT2D eigenvalue weighted by atomic mass is 32.2. The van der Waals surface area contributed by atoms with Gasteiger partial charge in [0.1, 0.15) is 0 Å². The number of fused-ring (bicyclic) bond motifs is 1. The van der Waals surface area contributed by atoms with E-state index in [9.17, 15) is 18.3 Å². The van der Waals surface area contributed by atoms with Crippen molar-refractivity contribution in [1.82, 2.24) is 14.9 Å². The van der Waals surface area contributed by atoms with Gasteiger partial charge in [-0.1, -0.05) is 18.2 Å². The summed E-state index contributed by atoms with van der Waals surface area (Å²) in [6.45, 7) is 0.713. The summed E-state index contributed by atoms with van der Waals surface area (Å²) in [5.74, 6) is 0.188. The summed E-state index contributed by atoms with van der Waals surface area (Å²) in [5.41, 5.74) is 0.818. The van der Waals surface area contributed by atoms with Gasteiger partial charge < -0.3 is 14.7 Å². The predicted octanol–water partition coefficient (Wildman–Crippen LogP) is 3.56. The lowest BCUT2D eigenvalue weighted by molar-refractivity contribution is -0.0230. The van der Waals surface area contributed by atoms with Crippen molar-refractivity contribution in [2.45, 2.75) is 23.5 Å². The van der Waals surface area contributed by atoms with E-state index in [-0.39, 0.29) is 10.9 Å². The van der Waals surface area contributed by atoms with E-state index in [0.29, 0.717) is 54.1 Å². The molecule has 0 bridgehead atoms. The molecular weight excluding hydrogens is 492 g/mol. The fraction of sp³-hybridized carbons (Fsp3) is 0.222. The summed E-state index contributed by atoms with van der Waals surface area (Å²) in [4.78, 5) is 23.2. The fourth-order valence-corrected chi connectivity index (χ4v) is 5.54. The molecule has 0 saturated carbocycles. The number of piperidine rings is 1. The zero-order valence-corrected chi connectivity index (χ0v) is 21.0. The normalized spacial score (nSPS) is 15.4. The van der Waals surface area contributed by atoms with E-state index in [1.165, 1.54) is 13.2 Å². The summed E-state index contributed by atoms with van der Waals surface area (Å²) < 4.78 is 33.5. The van der Waals surface area contributed by atoms with Crippen LogP contribution in [0.3, 0.4) is 0 Å². The number of sulfonamides is 1. The number of anilines is 1. The molecule has 1 aliphatic rings. The fourth-order valence-electron chi connectivity index (χ4n) is 4.52. The van der Waals surface area contributed by atoms with Crippen molar-refractivity contribution in [3.05, 3.63) is 90.1 Å².